The first-order valence-corrected chi connectivity index (χ1v) is 11.0. The molecule has 0 unspecified atom stereocenters. The van der Waals surface area contributed by atoms with Crippen molar-refractivity contribution < 1.29 is 13.2 Å². The van der Waals surface area contributed by atoms with Crippen molar-refractivity contribution >= 4 is 38.9 Å². The zero-order valence-electron chi connectivity index (χ0n) is 16.5. The number of rotatable bonds is 6. The van der Waals surface area contributed by atoms with Crippen molar-refractivity contribution in [3.63, 3.8) is 0 Å². The SMILES string of the molecule is COCc1ccccc1-c1cc(Cl)c(S(=O)(=O)Nc2c(C)nn(C)c2C)c(Cl)c1. The van der Waals surface area contributed by atoms with E-state index in [9.17, 15) is 8.42 Å². The van der Waals surface area contributed by atoms with E-state index >= 15 is 0 Å². The van der Waals surface area contributed by atoms with E-state index < -0.39 is 10.0 Å². The molecule has 6 nitrogen and oxygen atoms in total. The van der Waals surface area contributed by atoms with Crippen LogP contribution in [0.25, 0.3) is 11.1 Å². The molecule has 0 saturated heterocycles. The minimum Gasteiger partial charge on any atom is -0.380 e. The van der Waals surface area contributed by atoms with Crippen LogP contribution in [0, 0.1) is 13.8 Å². The fourth-order valence-electron chi connectivity index (χ4n) is 3.16. The fourth-order valence-corrected chi connectivity index (χ4v) is 5.56. The Morgan fingerprint density at radius 2 is 1.76 bits per heavy atom. The smallest absolute Gasteiger partial charge is 0.264 e. The second kappa shape index (κ2) is 8.36. The van der Waals surface area contributed by atoms with Crippen LogP contribution in [0.1, 0.15) is 17.0 Å². The van der Waals surface area contributed by atoms with Gasteiger partial charge in [-0.3, -0.25) is 9.40 Å². The minimum absolute atomic E-state index is 0.0337. The largest absolute Gasteiger partial charge is 0.380 e. The molecule has 0 radical (unpaired) electrons. The van der Waals surface area contributed by atoms with Crippen molar-refractivity contribution in [1.29, 1.82) is 0 Å². The monoisotopic (exact) mass is 453 g/mol. The Labute approximate surface area is 180 Å². The second-order valence-electron chi connectivity index (χ2n) is 6.63. The van der Waals surface area contributed by atoms with E-state index in [1.807, 2.05) is 24.3 Å². The lowest BCUT2D eigenvalue weighted by Gasteiger charge is -2.14. The van der Waals surface area contributed by atoms with Gasteiger partial charge in [-0.2, -0.15) is 5.10 Å². The van der Waals surface area contributed by atoms with Crippen molar-refractivity contribution in [3.8, 4) is 11.1 Å². The van der Waals surface area contributed by atoms with E-state index in [4.69, 9.17) is 27.9 Å². The number of benzene rings is 2. The number of halogens is 2. The molecule has 154 valence electrons. The molecule has 29 heavy (non-hydrogen) atoms. The predicted octanol–water partition coefficient (Wildman–Crippen LogP) is 4.96. The molecule has 0 amide bonds. The maximum Gasteiger partial charge on any atom is 0.264 e. The number of aryl methyl sites for hydroxylation is 2. The van der Waals surface area contributed by atoms with Gasteiger partial charge in [0.1, 0.15) is 4.90 Å². The number of hydrogen-bond donors (Lipinski definition) is 1. The number of anilines is 1. The Bertz CT molecular complexity index is 1150. The van der Waals surface area contributed by atoms with E-state index in [1.165, 1.54) is 0 Å². The molecular formula is C20H21Cl2N3O3S. The molecule has 0 aliphatic carbocycles. The van der Waals surface area contributed by atoms with Gasteiger partial charge in [0, 0.05) is 14.2 Å². The molecule has 9 heteroatoms. The van der Waals surface area contributed by atoms with Crippen LogP contribution in [-0.2, 0) is 28.4 Å². The van der Waals surface area contributed by atoms with Gasteiger partial charge in [0.25, 0.3) is 10.0 Å². The van der Waals surface area contributed by atoms with E-state index in [0.717, 1.165) is 11.1 Å². The highest BCUT2D eigenvalue weighted by atomic mass is 35.5. The molecule has 1 N–H and O–H groups in total. The molecule has 0 aliphatic rings. The second-order valence-corrected chi connectivity index (χ2v) is 9.07. The minimum atomic E-state index is -4.02. The van der Waals surface area contributed by atoms with Crippen LogP contribution in [0.3, 0.4) is 0 Å². The molecule has 3 aromatic rings. The maximum atomic E-state index is 13.0. The lowest BCUT2D eigenvalue weighted by molar-refractivity contribution is 0.185. The first-order chi connectivity index (χ1) is 13.7. The van der Waals surface area contributed by atoms with Crippen molar-refractivity contribution in [1.82, 2.24) is 9.78 Å². The molecule has 0 atom stereocenters. The molecule has 3 rings (SSSR count). The van der Waals surface area contributed by atoms with Crippen LogP contribution in [0.15, 0.2) is 41.3 Å². The van der Waals surface area contributed by atoms with Crippen LogP contribution in [0.5, 0.6) is 0 Å². The Morgan fingerprint density at radius 3 is 2.31 bits per heavy atom. The summed E-state index contributed by atoms with van der Waals surface area (Å²) in [4.78, 5) is -0.170. The Hall–Kier alpha value is -2.06. The van der Waals surface area contributed by atoms with Gasteiger partial charge in [0.2, 0.25) is 0 Å². The summed E-state index contributed by atoms with van der Waals surface area (Å²) in [5.74, 6) is 0. The maximum absolute atomic E-state index is 13.0. The zero-order chi connectivity index (χ0) is 21.3. The van der Waals surface area contributed by atoms with Crippen molar-refractivity contribution in [3.05, 3.63) is 63.4 Å². The Balaban J connectivity index is 2.06. The molecule has 1 aromatic heterocycles. The number of nitrogens with zero attached hydrogens (tertiary/aromatic N) is 2. The van der Waals surface area contributed by atoms with Gasteiger partial charge in [-0.1, -0.05) is 47.5 Å². The molecule has 2 aromatic carbocycles. The molecule has 0 saturated carbocycles. The summed E-state index contributed by atoms with van der Waals surface area (Å²) < 4.78 is 35.5. The summed E-state index contributed by atoms with van der Waals surface area (Å²) in [5.41, 5.74) is 4.18. The molecule has 0 fully saturated rings. The summed E-state index contributed by atoms with van der Waals surface area (Å²) in [6, 6.07) is 10.8. The summed E-state index contributed by atoms with van der Waals surface area (Å²) >= 11 is 12.8. The normalized spacial score (nSPS) is 11.7. The molecule has 0 bridgehead atoms. The van der Waals surface area contributed by atoms with Gasteiger partial charge in [-0.15, -0.1) is 0 Å². The number of nitrogens with one attached hydrogen (secondary N) is 1. The van der Waals surface area contributed by atoms with Gasteiger partial charge in [0.15, 0.2) is 0 Å². The van der Waals surface area contributed by atoms with Crippen LogP contribution >= 0.6 is 23.2 Å². The van der Waals surface area contributed by atoms with Gasteiger partial charge in [-0.25, -0.2) is 8.42 Å². The number of aromatic nitrogens is 2. The Kier molecular flexibility index (Phi) is 6.24. The van der Waals surface area contributed by atoms with Gasteiger partial charge >= 0.3 is 0 Å². The van der Waals surface area contributed by atoms with Crippen LogP contribution in [0.4, 0.5) is 5.69 Å². The summed E-state index contributed by atoms with van der Waals surface area (Å²) in [7, 11) is -0.664. The quantitative estimate of drug-likeness (QED) is 0.572. The van der Waals surface area contributed by atoms with E-state index in [2.05, 4.69) is 9.82 Å². The molecule has 1 heterocycles. The van der Waals surface area contributed by atoms with E-state index in [-0.39, 0.29) is 14.9 Å². The van der Waals surface area contributed by atoms with Crippen LogP contribution < -0.4 is 4.72 Å². The highest BCUT2D eigenvalue weighted by Gasteiger charge is 2.25. The average Bonchev–Trinajstić information content (AvgIpc) is 2.87. The average molecular weight is 454 g/mol. The lowest BCUT2D eigenvalue weighted by Crippen LogP contribution is -2.15. The van der Waals surface area contributed by atoms with Gasteiger partial charge in [0.05, 0.1) is 33.7 Å². The first kappa shape index (κ1) is 21.6. The molecule has 0 spiro atoms. The van der Waals surface area contributed by atoms with E-state index in [0.29, 0.717) is 29.2 Å². The van der Waals surface area contributed by atoms with Gasteiger partial charge in [-0.05, 0) is 42.7 Å². The number of hydrogen-bond acceptors (Lipinski definition) is 4. The fraction of sp³-hybridized carbons (Fsp3) is 0.250. The van der Waals surface area contributed by atoms with E-state index in [1.54, 1.807) is 44.8 Å². The van der Waals surface area contributed by atoms with Gasteiger partial charge < -0.3 is 4.74 Å². The first-order valence-electron chi connectivity index (χ1n) is 8.75. The molecule has 0 aliphatic heterocycles. The predicted molar refractivity (Wildman–Crippen MR) is 116 cm³/mol. The van der Waals surface area contributed by atoms with Crippen LogP contribution in [0.2, 0.25) is 10.0 Å². The molecular weight excluding hydrogens is 433 g/mol. The topological polar surface area (TPSA) is 73.2 Å². The highest BCUT2D eigenvalue weighted by molar-refractivity contribution is 7.93. The number of ether oxygens (including phenoxy) is 1. The zero-order valence-corrected chi connectivity index (χ0v) is 18.8. The third-order valence-electron chi connectivity index (χ3n) is 4.64. The summed E-state index contributed by atoms with van der Waals surface area (Å²) in [6.45, 7) is 3.91. The summed E-state index contributed by atoms with van der Waals surface area (Å²) in [6.07, 6.45) is 0. The van der Waals surface area contributed by atoms with Crippen LogP contribution in [-0.4, -0.2) is 25.3 Å². The lowest BCUT2D eigenvalue weighted by atomic mass is 10.0. The number of sulfonamides is 1. The third kappa shape index (κ3) is 4.28. The standard InChI is InChI=1S/C20H21Cl2N3O3S/c1-12-19(13(2)25(3)23-12)24-29(26,27)20-17(21)9-15(10-18(20)22)16-8-6-5-7-14(16)11-28-4/h5-10,24H,11H2,1-4H3. The third-order valence-corrected chi connectivity index (χ3v) is 6.91. The van der Waals surface area contributed by atoms with Crippen molar-refractivity contribution in [2.24, 2.45) is 7.05 Å². The highest BCUT2D eigenvalue weighted by Crippen LogP contribution is 2.37. The van der Waals surface area contributed by atoms with Crippen molar-refractivity contribution in [2.45, 2.75) is 25.3 Å². The number of methoxy groups -OCH3 is 1. The van der Waals surface area contributed by atoms with Crippen molar-refractivity contribution in [2.75, 3.05) is 11.8 Å². The summed E-state index contributed by atoms with van der Waals surface area (Å²) in [5, 5.41) is 4.29. The Morgan fingerprint density at radius 1 is 1.14 bits per heavy atom.